The number of amides is 1. The van der Waals surface area contributed by atoms with Crippen LogP contribution in [0.25, 0.3) is 11.5 Å². The van der Waals surface area contributed by atoms with Crippen molar-refractivity contribution in [3.05, 3.63) is 52.5 Å². The van der Waals surface area contributed by atoms with Gasteiger partial charge in [-0.2, -0.15) is 11.3 Å². The standard InChI is InChI=1S/C20H21N3O3S/c1-25-16-6-4-14(5-7-16)19(13-2-3-13)21-17(24)8-9-18-22-23-20(26-18)15-10-11-27-12-15/h4-7,10-13,19H,2-3,8-9H2,1H3,(H,21,24). The maximum absolute atomic E-state index is 12.5. The third-order valence-electron chi connectivity index (χ3n) is 4.69. The molecule has 1 aromatic carbocycles. The molecular weight excluding hydrogens is 362 g/mol. The molecule has 1 aliphatic carbocycles. The lowest BCUT2D eigenvalue weighted by Crippen LogP contribution is -2.30. The summed E-state index contributed by atoms with van der Waals surface area (Å²) in [6, 6.07) is 9.89. The molecule has 1 unspecified atom stereocenters. The maximum Gasteiger partial charge on any atom is 0.248 e. The fourth-order valence-corrected chi connectivity index (χ4v) is 3.67. The Labute approximate surface area is 161 Å². The molecule has 1 N–H and O–H groups in total. The van der Waals surface area contributed by atoms with Gasteiger partial charge in [0, 0.05) is 23.8 Å². The first-order valence-electron chi connectivity index (χ1n) is 9.01. The molecule has 2 heterocycles. The van der Waals surface area contributed by atoms with Crippen LogP contribution in [-0.4, -0.2) is 23.2 Å². The van der Waals surface area contributed by atoms with Crippen molar-refractivity contribution in [2.75, 3.05) is 7.11 Å². The molecule has 0 saturated heterocycles. The van der Waals surface area contributed by atoms with Crippen molar-refractivity contribution in [3.8, 4) is 17.2 Å². The van der Waals surface area contributed by atoms with Crippen LogP contribution >= 0.6 is 11.3 Å². The van der Waals surface area contributed by atoms with Gasteiger partial charge >= 0.3 is 0 Å². The number of carbonyl (C=O) groups is 1. The Morgan fingerprint density at radius 1 is 1.30 bits per heavy atom. The van der Waals surface area contributed by atoms with Gasteiger partial charge in [-0.25, -0.2) is 0 Å². The molecule has 27 heavy (non-hydrogen) atoms. The Kier molecular flexibility index (Phi) is 5.20. The molecule has 1 aliphatic rings. The molecule has 4 rings (SSSR count). The summed E-state index contributed by atoms with van der Waals surface area (Å²) in [7, 11) is 1.65. The van der Waals surface area contributed by atoms with E-state index in [0.717, 1.165) is 29.7 Å². The first-order chi connectivity index (χ1) is 13.2. The molecule has 1 atom stereocenters. The van der Waals surface area contributed by atoms with E-state index in [9.17, 15) is 4.79 Å². The van der Waals surface area contributed by atoms with Gasteiger partial charge in [0.25, 0.3) is 0 Å². The maximum atomic E-state index is 12.5. The molecular formula is C20H21N3O3S. The summed E-state index contributed by atoms with van der Waals surface area (Å²) in [5.74, 6) is 2.31. The van der Waals surface area contributed by atoms with E-state index in [1.54, 1.807) is 18.4 Å². The number of hydrogen-bond acceptors (Lipinski definition) is 6. The molecule has 7 heteroatoms. The van der Waals surface area contributed by atoms with Gasteiger partial charge in [0.15, 0.2) is 0 Å². The highest BCUT2D eigenvalue weighted by Crippen LogP contribution is 2.41. The monoisotopic (exact) mass is 383 g/mol. The number of rotatable bonds is 8. The molecule has 1 amide bonds. The van der Waals surface area contributed by atoms with Gasteiger partial charge in [0.2, 0.25) is 17.7 Å². The third kappa shape index (κ3) is 4.36. The van der Waals surface area contributed by atoms with Crippen LogP contribution in [0.5, 0.6) is 5.75 Å². The van der Waals surface area contributed by atoms with E-state index in [4.69, 9.17) is 9.15 Å². The van der Waals surface area contributed by atoms with Crippen molar-refractivity contribution in [2.45, 2.75) is 31.7 Å². The summed E-state index contributed by atoms with van der Waals surface area (Å²) in [6.07, 6.45) is 3.04. The normalized spacial score (nSPS) is 14.7. The van der Waals surface area contributed by atoms with Crippen LogP contribution in [0.4, 0.5) is 0 Å². The van der Waals surface area contributed by atoms with Crippen LogP contribution < -0.4 is 10.1 Å². The van der Waals surface area contributed by atoms with Crippen molar-refractivity contribution in [1.82, 2.24) is 15.5 Å². The average molecular weight is 383 g/mol. The van der Waals surface area contributed by atoms with Gasteiger partial charge in [0.05, 0.1) is 13.2 Å². The van der Waals surface area contributed by atoms with Crippen LogP contribution in [0.2, 0.25) is 0 Å². The molecule has 0 spiro atoms. The number of nitrogens with zero attached hydrogens (tertiary/aromatic N) is 2. The Hall–Kier alpha value is -2.67. The van der Waals surface area contributed by atoms with E-state index in [2.05, 4.69) is 15.5 Å². The quantitative estimate of drug-likeness (QED) is 0.636. The van der Waals surface area contributed by atoms with E-state index in [-0.39, 0.29) is 11.9 Å². The summed E-state index contributed by atoms with van der Waals surface area (Å²) >= 11 is 1.58. The lowest BCUT2D eigenvalue weighted by Gasteiger charge is -2.19. The SMILES string of the molecule is COc1ccc(C(NC(=O)CCc2nnc(-c3ccsc3)o2)C2CC2)cc1. The number of aryl methyl sites for hydroxylation is 1. The molecule has 1 saturated carbocycles. The number of benzene rings is 1. The van der Waals surface area contributed by atoms with Gasteiger partial charge in [-0.1, -0.05) is 12.1 Å². The zero-order chi connectivity index (χ0) is 18.6. The van der Waals surface area contributed by atoms with E-state index in [0.29, 0.717) is 30.5 Å². The predicted molar refractivity (Wildman–Crippen MR) is 103 cm³/mol. The minimum absolute atomic E-state index is 0.00185. The number of methoxy groups -OCH3 is 1. The molecule has 140 valence electrons. The fraction of sp³-hybridized carbons (Fsp3) is 0.350. The second-order valence-corrected chi connectivity index (χ2v) is 7.45. The van der Waals surface area contributed by atoms with Crippen LogP contribution in [0.1, 0.15) is 36.8 Å². The van der Waals surface area contributed by atoms with Crippen molar-refractivity contribution in [2.24, 2.45) is 5.92 Å². The van der Waals surface area contributed by atoms with Gasteiger partial charge in [-0.05, 0) is 47.9 Å². The lowest BCUT2D eigenvalue weighted by molar-refractivity contribution is -0.122. The predicted octanol–water partition coefficient (Wildman–Crippen LogP) is 4.01. The molecule has 6 nitrogen and oxygen atoms in total. The van der Waals surface area contributed by atoms with Crippen molar-refractivity contribution in [1.29, 1.82) is 0 Å². The Morgan fingerprint density at radius 3 is 2.78 bits per heavy atom. The van der Waals surface area contributed by atoms with Crippen molar-refractivity contribution in [3.63, 3.8) is 0 Å². The minimum atomic E-state index is -0.00185. The first-order valence-corrected chi connectivity index (χ1v) is 9.95. The Bertz CT molecular complexity index is 886. The van der Waals surface area contributed by atoms with Gasteiger partial charge < -0.3 is 14.5 Å². The van der Waals surface area contributed by atoms with Crippen LogP contribution in [0.15, 0.2) is 45.5 Å². The van der Waals surface area contributed by atoms with Crippen LogP contribution in [0, 0.1) is 5.92 Å². The zero-order valence-electron chi connectivity index (χ0n) is 15.1. The van der Waals surface area contributed by atoms with Gasteiger partial charge in [0.1, 0.15) is 5.75 Å². The lowest BCUT2D eigenvalue weighted by atomic mass is 10.0. The number of hydrogen-bond donors (Lipinski definition) is 1. The number of carbonyl (C=O) groups excluding carboxylic acids is 1. The third-order valence-corrected chi connectivity index (χ3v) is 5.37. The van der Waals surface area contributed by atoms with Crippen molar-refractivity contribution >= 4 is 17.2 Å². The molecule has 0 bridgehead atoms. The number of nitrogens with one attached hydrogen (secondary N) is 1. The smallest absolute Gasteiger partial charge is 0.248 e. The zero-order valence-corrected chi connectivity index (χ0v) is 15.9. The number of thiophene rings is 1. The summed E-state index contributed by atoms with van der Waals surface area (Å²) < 4.78 is 10.9. The minimum Gasteiger partial charge on any atom is -0.497 e. The van der Waals surface area contributed by atoms with Crippen LogP contribution in [-0.2, 0) is 11.2 Å². The van der Waals surface area contributed by atoms with E-state index in [1.807, 2.05) is 41.1 Å². The molecule has 0 aliphatic heterocycles. The van der Waals surface area contributed by atoms with Gasteiger partial charge in [-0.15, -0.1) is 10.2 Å². The summed E-state index contributed by atoms with van der Waals surface area (Å²) in [4.78, 5) is 12.5. The molecule has 2 aromatic heterocycles. The van der Waals surface area contributed by atoms with E-state index < -0.39 is 0 Å². The fourth-order valence-electron chi connectivity index (χ4n) is 3.04. The first kappa shape index (κ1) is 17.7. The topological polar surface area (TPSA) is 77.2 Å². The highest BCUT2D eigenvalue weighted by atomic mass is 32.1. The van der Waals surface area contributed by atoms with E-state index >= 15 is 0 Å². The second-order valence-electron chi connectivity index (χ2n) is 6.67. The molecule has 3 aromatic rings. The average Bonchev–Trinajstić information content (AvgIpc) is 3.19. The van der Waals surface area contributed by atoms with Crippen LogP contribution in [0.3, 0.4) is 0 Å². The molecule has 0 radical (unpaired) electrons. The number of ether oxygens (including phenoxy) is 1. The summed E-state index contributed by atoms with van der Waals surface area (Å²) in [5.41, 5.74) is 2.03. The number of aromatic nitrogens is 2. The Balaban J connectivity index is 1.34. The van der Waals surface area contributed by atoms with Gasteiger partial charge in [-0.3, -0.25) is 4.79 Å². The Morgan fingerprint density at radius 2 is 2.11 bits per heavy atom. The largest absolute Gasteiger partial charge is 0.497 e. The van der Waals surface area contributed by atoms with E-state index in [1.165, 1.54) is 0 Å². The highest BCUT2D eigenvalue weighted by Gasteiger charge is 2.33. The molecule has 1 fully saturated rings. The summed E-state index contributed by atoms with van der Waals surface area (Å²) in [5, 5.41) is 15.2. The highest BCUT2D eigenvalue weighted by molar-refractivity contribution is 7.08. The van der Waals surface area contributed by atoms with Crippen molar-refractivity contribution < 1.29 is 13.9 Å². The second kappa shape index (κ2) is 7.92. The summed E-state index contributed by atoms with van der Waals surface area (Å²) in [6.45, 7) is 0.